The highest BCUT2D eigenvalue weighted by molar-refractivity contribution is 5.85. The second kappa shape index (κ2) is 4.04. The van der Waals surface area contributed by atoms with E-state index in [-0.39, 0.29) is 17.9 Å². The number of nitrogens with zero attached hydrogens (tertiary/aromatic N) is 1. The van der Waals surface area contributed by atoms with Crippen molar-refractivity contribution in [3.05, 3.63) is 0 Å². The Kier molecular flexibility index (Phi) is 4.00. The van der Waals surface area contributed by atoms with Crippen LogP contribution in [0.4, 0.5) is 0 Å². The monoisotopic (exact) mass is 179 g/mol. The van der Waals surface area contributed by atoms with Gasteiger partial charge in [-0.25, -0.2) is 0 Å². The fourth-order valence-electron chi connectivity index (χ4n) is 1.76. The number of carbonyl (C=O) groups is 1. The van der Waals surface area contributed by atoms with E-state index in [9.17, 15) is 4.79 Å². The van der Waals surface area contributed by atoms with Gasteiger partial charge in [-0.1, -0.05) is 0 Å². The summed E-state index contributed by atoms with van der Waals surface area (Å²) in [5, 5.41) is 0. The van der Waals surface area contributed by atoms with E-state index in [1.54, 1.807) is 0 Å². The number of ketones is 1. The first kappa shape index (κ1) is 10.9. The maximum atomic E-state index is 11.0. The smallest absolute Gasteiger partial charge is 0.149 e. The highest BCUT2D eigenvalue weighted by Crippen LogP contribution is 2.23. The molecule has 11 heavy (non-hydrogen) atoms. The van der Waals surface area contributed by atoms with Crippen molar-refractivity contribution < 1.29 is 10.3 Å². The molecule has 3 fully saturated rings. The fourth-order valence-corrected chi connectivity index (χ4v) is 1.76. The molecule has 2 bridgehead atoms. The van der Waals surface area contributed by atoms with Gasteiger partial charge in [0.15, 0.2) is 0 Å². The topological polar surface area (TPSA) is 51.8 Å². The van der Waals surface area contributed by atoms with E-state index in [2.05, 4.69) is 4.90 Å². The van der Waals surface area contributed by atoms with Gasteiger partial charge in [-0.3, -0.25) is 9.69 Å². The zero-order valence-corrected chi connectivity index (χ0v) is 7.19. The van der Waals surface area contributed by atoms with Crippen molar-refractivity contribution in [2.45, 2.75) is 12.8 Å². The quantitative estimate of drug-likeness (QED) is 0.521. The molecule has 0 aromatic carbocycles. The standard InChI is InChI=1S/C7H11NO.ClH.H2O/c9-7-5-8-3-1-6(7)2-4-8;;/h6H,1-5H2;1H;1H2. The van der Waals surface area contributed by atoms with E-state index in [4.69, 9.17) is 0 Å². The predicted molar refractivity (Wildman–Crippen MR) is 45.0 cm³/mol. The van der Waals surface area contributed by atoms with Gasteiger partial charge in [-0.05, 0) is 25.9 Å². The van der Waals surface area contributed by atoms with Gasteiger partial charge in [0, 0.05) is 5.92 Å². The third kappa shape index (κ3) is 1.92. The molecule has 3 rings (SSSR count). The lowest BCUT2D eigenvalue weighted by molar-refractivity contribution is -0.130. The van der Waals surface area contributed by atoms with Gasteiger partial charge in [0.25, 0.3) is 0 Å². The maximum Gasteiger partial charge on any atom is 0.149 e. The molecule has 2 N–H and O–H groups in total. The van der Waals surface area contributed by atoms with Crippen LogP contribution < -0.4 is 0 Å². The second-order valence-electron chi connectivity index (χ2n) is 3.02. The van der Waals surface area contributed by atoms with Gasteiger partial charge in [0.2, 0.25) is 0 Å². The maximum absolute atomic E-state index is 11.0. The molecule has 4 heteroatoms. The molecule has 0 aromatic heterocycles. The van der Waals surface area contributed by atoms with Crippen LogP contribution in [0.1, 0.15) is 12.8 Å². The third-order valence-corrected chi connectivity index (χ3v) is 2.42. The first-order valence-corrected chi connectivity index (χ1v) is 3.61. The van der Waals surface area contributed by atoms with Gasteiger partial charge < -0.3 is 5.48 Å². The van der Waals surface area contributed by atoms with Crippen molar-refractivity contribution in [1.29, 1.82) is 0 Å². The Bertz CT molecular complexity index is 143. The van der Waals surface area contributed by atoms with Crippen molar-refractivity contribution in [2.75, 3.05) is 19.6 Å². The fraction of sp³-hybridized carbons (Fsp3) is 0.857. The van der Waals surface area contributed by atoms with E-state index >= 15 is 0 Å². The first-order chi connectivity index (χ1) is 4.36. The molecule has 0 radical (unpaired) electrons. The lowest BCUT2D eigenvalue weighted by atomic mass is 9.87. The highest BCUT2D eigenvalue weighted by atomic mass is 35.5. The van der Waals surface area contributed by atoms with Crippen molar-refractivity contribution in [1.82, 2.24) is 4.90 Å². The van der Waals surface area contributed by atoms with Crippen LogP contribution in [0.25, 0.3) is 0 Å². The number of Topliss-reactive ketones (excluding diaryl/α,β-unsaturated/α-hetero) is 1. The molecular formula is C7H14ClNO2. The van der Waals surface area contributed by atoms with E-state index < -0.39 is 0 Å². The minimum Gasteiger partial charge on any atom is -0.412 e. The minimum absolute atomic E-state index is 0. The normalized spacial score (nSPS) is 34.0. The molecule has 3 aliphatic rings. The summed E-state index contributed by atoms with van der Waals surface area (Å²) >= 11 is 0. The van der Waals surface area contributed by atoms with Crippen LogP contribution in [0.5, 0.6) is 0 Å². The molecule has 0 aliphatic carbocycles. The molecule has 0 aromatic rings. The van der Waals surface area contributed by atoms with Crippen LogP contribution in [0.15, 0.2) is 0 Å². The molecule has 0 spiro atoms. The average molecular weight is 180 g/mol. The summed E-state index contributed by atoms with van der Waals surface area (Å²) in [6, 6.07) is 0. The molecule has 0 saturated carbocycles. The zero-order valence-electron chi connectivity index (χ0n) is 6.38. The van der Waals surface area contributed by atoms with Gasteiger partial charge in [0.1, 0.15) is 5.78 Å². The van der Waals surface area contributed by atoms with Crippen molar-refractivity contribution in [3.63, 3.8) is 0 Å². The summed E-state index contributed by atoms with van der Waals surface area (Å²) in [5.74, 6) is 0.919. The van der Waals surface area contributed by atoms with E-state index in [1.165, 1.54) is 0 Å². The van der Waals surface area contributed by atoms with Crippen LogP contribution in [-0.4, -0.2) is 35.8 Å². The Labute approximate surface area is 72.5 Å². The minimum atomic E-state index is 0. The van der Waals surface area contributed by atoms with Crippen LogP contribution >= 0.6 is 12.4 Å². The van der Waals surface area contributed by atoms with E-state index in [0.717, 1.165) is 32.5 Å². The molecule has 3 nitrogen and oxygen atoms in total. The second-order valence-corrected chi connectivity index (χ2v) is 3.02. The average Bonchev–Trinajstić information content (AvgIpc) is 1.90. The number of piperidine rings is 3. The molecule has 3 heterocycles. The van der Waals surface area contributed by atoms with Crippen LogP contribution in [0, 0.1) is 5.92 Å². The number of rotatable bonds is 0. The van der Waals surface area contributed by atoms with Gasteiger partial charge >= 0.3 is 0 Å². The summed E-state index contributed by atoms with van der Waals surface area (Å²) in [6.45, 7) is 3.07. The van der Waals surface area contributed by atoms with Crippen LogP contribution in [0.2, 0.25) is 0 Å². The Morgan fingerprint density at radius 1 is 1.27 bits per heavy atom. The number of halogens is 1. The van der Waals surface area contributed by atoms with E-state index in [0.29, 0.717) is 11.7 Å². The largest absolute Gasteiger partial charge is 0.412 e. The Morgan fingerprint density at radius 2 is 1.82 bits per heavy atom. The Balaban J connectivity index is 0.000000500. The number of hydrogen-bond acceptors (Lipinski definition) is 2. The Morgan fingerprint density at radius 3 is 2.00 bits per heavy atom. The zero-order chi connectivity index (χ0) is 6.27. The predicted octanol–water partition coefficient (Wildman–Crippen LogP) is -0.122. The number of fused-ring (bicyclic) bond motifs is 3. The molecule has 66 valence electrons. The SMILES string of the molecule is Cl.O.O=C1CN2CCC1CC2. The molecule has 0 unspecified atom stereocenters. The molecular weight excluding hydrogens is 166 g/mol. The van der Waals surface area contributed by atoms with Crippen LogP contribution in [0.3, 0.4) is 0 Å². The third-order valence-electron chi connectivity index (χ3n) is 2.42. The van der Waals surface area contributed by atoms with Gasteiger partial charge in [-0.15, -0.1) is 12.4 Å². The summed E-state index contributed by atoms with van der Waals surface area (Å²) in [4.78, 5) is 13.3. The number of hydrogen-bond donors (Lipinski definition) is 0. The highest BCUT2D eigenvalue weighted by Gasteiger charge is 2.31. The van der Waals surface area contributed by atoms with Crippen LogP contribution in [-0.2, 0) is 4.79 Å². The van der Waals surface area contributed by atoms with Crippen molar-refractivity contribution >= 4 is 18.2 Å². The molecule has 3 aliphatic heterocycles. The van der Waals surface area contributed by atoms with Gasteiger partial charge in [0.05, 0.1) is 6.54 Å². The molecule has 0 amide bonds. The summed E-state index contributed by atoms with van der Waals surface area (Å²) in [6.07, 6.45) is 2.25. The summed E-state index contributed by atoms with van der Waals surface area (Å²) in [5.41, 5.74) is 0. The first-order valence-electron chi connectivity index (χ1n) is 3.61. The summed E-state index contributed by atoms with van der Waals surface area (Å²) in [7, 11) is 0. The molecule has 0 atom stereocenters. The van der Waals surface area contributed by atoms with Gasteiger partial charge in [-0.2, -0.15) is 0 Å². The van der Waals surface area contributed by atoms with Crippen molar-refractivity contribution in [3.8, 4) is 0 Å². The van der Waals surface area contributed by atoms with E-state index in [1.807, 2.05) is 0 Å². The summed E-state index contributed by atoms with van der Waals surface area (Å²) < 4.78 is 0. The lowest BCUT2D eigenvalue weighted by Gasteiger charge is -2.37. The molecule has 3 saturated heterocycles. The lowest BCUT2D eigenvalue weighted by Crippen LogP contribution is -2.47. The van der Waals surface area contributed by atoms with Crippen molar-refractivity contribution in [2.24, 2.45) is 5.92 Å². The number of carbonyl (C=O) groups excluding carboxylic acids is 1. The Hall–Kier alpha value is -0.120.